The van der Waals surface area contributed by atoms with Gasteiger partial charge >= 0.3 is 0 Å². The largest absolute Gasteiger partial charge is 0.493 e. The van der Waals surface area contributed by atoms with Crippen LogP contribution in [-0.4, -0.2) is 52.4 Å². The van der Waals surface area contributed by atoms with E-state index in [9.17, 15) is 0 Å². The van der Waals surface area contributed by atoms with Gasteiger partial charge in [-0.2, -0.15) is 4.98 Å². The molecule has 0 bridgehead atoms. The van der Waals surface area contributed by atoms with Gasteiger partial charge in [0.25, 0.3) is 5.88 Å². The number of methoxy groups -OCH3 is 1. The highest BCUT2D eigenvalue weighted by atomic mass is 16.5. The highest BCUT2D eigenvalue weighted by Gasteiger charge is 2.21. The molecule has 0 unspecified atom stereocenters. The van der Waals surface area contributed by atoms with Crippen molar-refractivity contribution in [2.45, 2.75) is 13.8 Å². The Hall–Kier alpha value is -4.24. The van der Waals surface area contributed by atoms with Crippen molar-refractivity contribution in [3.8, 4) is 23.3 Å². The number of ether oxygens (including phenoxy) is 3. The molecule has 0 aliphatic rings. The van der Waals surface area contributed by atoms with E-state index in [1.165, 1.54) is 13.2 Å². The molecule has 0 aliphatic carbocycles. The lowest BCUT2D eigenvalue weighted by atomic mass is 10.3. The van der Waals surface area contributed by atoms with E-state index in [1.54, 1.807) is 31.6 Å². The van der Waals surface area contributed by atoms with Crippen LogP contribution in [0.25, 0.3) is 11.6 Å². The average Bonchev–Trinajstić information content (AvgIpc) is 2.87. The van der Waals surface area contributed by atoms with Crippen LogP contribution in [-0.2, 0) is 4.74 Å². The minimum Gasteiger partial charge on any atom is -0.493 e. The van der Waals surface area contributed by atoms with Crippen LogP contribution >= 0.6 is 0 Å². The van der Waals surface area contributed by atoms with Gasteiger partial charge in [0.1, 0.15) is 6.61 Å². The summed E-state index contributed by atoms with van der Waals surface area (Å²) in [5.74, 6) is 1.75. The molecule has 0 fully saturated rings. The molecule has 0 radical (unpaired) electrons. The quantitative estimate of drug-likeness (QED) is 0.332. The van der Waals surface area contributed by atoms with Crippen LogP contribution in [0.3, 0.4) is 0 Å². The van der Waals surface area contributed by atoms with Crippen molar-refractivity contribution in [3.63, 3.8) is 0 Å². The van der Waals surface area contributed by atoms with E-state index in [4.69, 9.17) is 19.3 Å². The summed E-state index contributed by atoms with van der Waals surface area (Å²) in [6, 6.07) is 1.69. The van der Waals surface area contributed by atoms with Crippen molar-refractivity contribution >= 4 is 5.82 Å². The van der Waals surface area contributed by atoms with E-state index >= 15 is 0 Å². The first-order valence-electron chi connectivity index (χ1n) is 10.7. The number of nitrogens with one attached hydrogen (secondary N) is 1. The smallest absolute Gasteiger partial charge is 0.263 e. The van der Waals surface area contributed by atoms with Gasteiger partial charge in [-0.05, 0) is 26.0 Å². The van der Waals surface area contributed by atoms with E-state index in [-0.39, 0.29) is 36.4 Å². The second-order valence-corrected chi connectivity index (χ2v) is 6.65. The molecule has 0 atom stereocenters. The predicted octanol–water partition coefficient (Wildman–Crippen LogP) is 4.65. The van der Waals surface area contributed by atoms with Crippen LogP contribution in [0.2, 0.25) is 0 Å². The highest BCUT2D eigenvalue weighted by molar-refractivity contribution is 5.61. The summed E-state index contributed by atoms with van der Waals surface area (Å²) in [6.45, 7) is 14.9. The van der Waals surface area contributed by atoms with Gasteiger partial charge in [-0.15, -0.1) is 0 Å². The molecule has 35 heavy (non-hydrogen) atoms. The topological polar surface area (TPSA) is 112 Å². The Morgan fingerprint density at radius 3 is 2.40 bits per heavy atom. The number of aliphatic hydroxyl groups is 1. The average molecular weight is 480 g/mol. The van der Waals surface area contributed by atoms with Crippen molar-refractivity contribution in [1.29, 1.82) is 0 Å². The zero-order chi connectivity index (χ0) is 26.1. The molecule has 2 aromatic heterocycles. The van der Waals surface area contributed by atoms with Gasteiger partial charge in [-0.3, -0.25) is 0 Å². The number of anilines is 1. The zero-order valence-electron chi connectivity index (χ0n) is 20.7. The van der Waals surface area contributed by atoms with Gasteiger partial charge in [0.15, 0.2) is 23.2 Å². The summed E-state index contributed by atoms with van der Waals surface area (Å²) in [5, 5.41) is 12.0. The van der Waals surface area contributed by atoms with Gasteiger partial charge in [-0.25, -0.2) is 15.0 Å². The Morgan fingerprint density at radius 2 is 1.86 bits per heavy atom. The van der Waals surface area contributed by atoms with Gasteiger partial charge in [0, 0.05) is 19.4 Å². The molecular formula is C26H33N5O4. The van der Waals surface area contributed by atoms with Gasteiger partial charge < -0.3 is 24.6 Å². The van der Waals surface area contributed by atoms with E-state index in [1.807, 2.05) is 38.2 Å². The summed E-state index contributed by atoms with van der Waals surface area (Å²) in [7, 11) is 3.14. The predicted molar refractivity (Wildman–Crippen MR) is 139 cm³/mol. The lowest BCUT2D eigenvalue weighted by molar-refractivity contribution is 0.190. The fourth-order valence-corrected chi connectivity index (χ4v) is 2.28. The first kappa shape index (κ1) is 28.8. The second kappa shape index (κ2) is 16.4. The van der Waals surface area contributed by atoms with Crippen LogP contribution in [0.15, 0.2) is 91.7 Å². The summed E-state index contributed by atoms with van der Waals surface area (Å²) in [6.07, 6.45) is 14.2. The summed E-state index contributed by atoms with van der Waals surface area (Å²) >= 11 is 0. The molecule has 0 aromatic carbocycles. The van der Waals surface area contributed by atoms with E-state index in [0.29, 0.717) is 17.4 Å². The summed E-state index contributed by atoms with van der Waals surface area (Å²) < 4.78 is 16.5. The first-order chi connectivity index (χ1) is 16.9. The number of hydrogen-bond acceptors (Lipinski definition) is 9. The Balaban J connectivity index is 0.000000658. The fourth-order valence-electron chi connectivity index (χ4n) is 2.28. The van der Waals surface area contributed by atoms with Gasteiger partial charge in [0.2, 0.25) is 11.6 Å². The van der Waals surface area contributed by atoms with E-state index in [0.717, 1.165) is 5.57 Å². The first-order valence-corrected chi connectivity index (χ1v) is 10.7. The minimum atomic E-state index is -0.199. The molecule has 186 valence electrons. The molecule has 0 saturated carbocycles. The van der Waals surface area contributed by atoms with Crippen molar-refractivity contribution in [2.24, 2.45) is 0 Å². The maximum Gasteiger partial charge on any atom is 0.263 e. The Kier molecular flexibility index (Phi) is 13.5. The third kappa shape index (κ3) is 10.1. The van der Waals surface area contributed by atoms with Gasteiger partial charge in [0.05, 0.1) is 13.7 Å². The Bertz CT molecular complexity index is 1060. The van der Waals surface area contributed by atoms with Crippen LogP contribution < -0.4 is 14.8 Å². The number of aliphatic hydroxyl groups excluding tert-OH is 1. The number of rotatable bonds is 12. The molecule has 0 spiro atoms. The maximum absolute atomic E-state index is 9.12. The molecule has 2 N–H and O–H groups in total. The van der Waals surface area contributed by atoms with Gasteiger partial charge in [-0.1, -0.05) is 55.7 Å². The maximum atomic E-state index is 9.12. The molecule has 2 aromatic rings. The number of hydrogen-bond donors (Lipinski definition) is 2. The second-order valence-electron chi connectivity index (χ2n) is 6.65. The molecule has 9 nitrogen and oxygen atoms in total. The number of aromatic nitrogens is 4. The molecule has 0 aliphatic heterocycles. The van der Waals surface area contributed by atoms with Crippen molar-refractivity contribution in [2.75, 3.05) is 32.7 Å². The summed E-state index contributed by atoms with van der Waals surface area (Å²) in [5.41, 5.74) is 1.09. The normalized spacial score (nSPS) is 10.9. The SMILES string of the molecule is C=C(C)/C=C\C=C/C.C=C/C=C(/Oc1c(NC)nc(-c2ncccn2)nc1OCCO)C(=C)OC. The lowest BCUT2D eigenvalue weighted by Gasteiger charge is -2.17. The lowest BCUT2D eigenvalue weighted by Crippen LogP contribution is -2.11. The molecular weight excluding hydrogens is 446 g/mol. The molecule has 2 rings (SSSR count). The van der Waals surface area contributed by atoms with E-state index < -0.39 is 0 Å². The van der Waals surface area contributed by atoms with Crippen LogP contribution in [0, 0.1) is 0 Å². The molecule has 9 heteroatoms. The Morgan fingerprint density at radius 1 is 1.14 bits per heavy atom. The van der Waals surface area contributed by atoms with Crippen LogP contribution in [0.1, 0.15) is 13.8 Å². The van der Waals surface area contributed by atoms with Crippen LogP contribution in [0.4, 0.5) is 5.82 Å². The van der Waals surface area contributed by atoms with Crippen molar-refractivity contribution < 1.29 is 19.3 Å². The Labute approximate surface area is 206 Å². The number of nitrogens with zero attached hydrogens (tertiary/aromatic N) is 4. The third-order valence-corrected chi connectivity index (χ3v) is 3.85. The fraction of sp³-hybridized carbons (Fsp3) is 0.231. The third-order valence-electron chi connectivity index (χ3n) is 3.85. The van der Waals surface area contributed by atoms with Crippen LogP contribution in [0.5, 0.6) is 11.6 Å². The van der Waals surface area contributed by atoms with E-state index in [2.05, 4.69) is 45.0 Å². The van der Waals surface area contributed by atoms with Crippen molar-refractivity contribution in [1.82, 2.24) is 19.9 Å². The molecule has 0 amide bonds. The summed E-state index contributed by atoms with van der Waals surface area (Å²) in [4.78, 5) is 17.0. The number of allylic oxidation sites excluding steroid dienone is 7. The minimum absolute atomic E-state index is 0.0113. The highest BCUT2D eigenvalue weighted by Crippen LogP contribution is 2.36. The molecule has 2 heterocycles. The zero-order valence-corrected chi connectivity index (χ0v) is 20.7. The standard InChI is InChI=1S/C18H21N5O4.C8H12/c1-5-7-13(12(2)25-4)27-14-15(19-3)22-17(16-20-8-6-9-21-16)23-18(14)26-11-10-24;1-4-5-6-7-8(2)3/h5-9,24H,1-2,10-11H2,3-4H3,(H,19,22,23);4-7H,2H2,1,3H3/b13-7+;5-4-,7-6-. The van der Waals surface area contributed by atoms with Crippen molar-refractivity contribution in [3.05, 3.63) is 91.7 Å². The monoisotopic (exact) mass is 479 g/mol. The molecule has 0 saturated heterocycles.